The first-order valence-corrected chi connectivity index (χ1v) is 10.9. The zero-order valence-electron chi connectivity index (χ0n) is 21.7. The quantitative estimate of drug-likeness (QED) is 0.198. The average molecular weight is 420 g/mol. The Morgan fingerprint density at radius 2 is 1.47 bits per heavy atom. The van der Waals surface area contributed by atoms with E-state index < -0.39 is 6.85 Å². The van der Waals surface area contributed by atoms with Crippen molar-refractivity contribution in [2.45, 2.75) is 27.6 Å². The fourth-order valence-corrected chi connectivity index (χ4v) is 5.39. The normalized spacial score (nSPS) is 13.7. The van der Waals surface area contributed by atoms with Crippen LogP contribution in [0.5, 0.6) is 0 Å². The van der Waals surface area contributed by atoms with Crippen molar-refractivity contribution in [2.24, 2.45) is 7.05 Å². The second kappa shape index (κ2) is 6.67. The Labute approximate surface area is 191 Å². The fourth-order valence-electron chi connectivity index (χ4n) is 5.39. The first-order chi connectivity index (χ1) is 16.6. The second-order valence-corrected chi connectivity index (χ2v) is 8.88. The smallest absolute Gasteiger partial charge is 0.221 e. The molecule has 6 rings (SSSR count). The molecule has 0 amide bonds. The maximum atomic E-state index is 8.09. The summed E-state index contributed by atoms with van der Waals surface area (Å²) in [5.74, 6) is 0.831. The van der Waals surface area contributed by atoms with Gasteiger partial charge in [-0.25, -0.2) is 4.57 Å². The number of hydrogen-bond donors (Lipinski definition) is 0. The third-order valence-corrected chi connectivity index (χ3v) is 6.74. The summed E-state index contributed by atoms with van der Waals surface area (Å²) in [7, 11) is 1.94. The first kappa shape index (κ1) is 16.0. The number of furan rings is 1. The van der Waals surface area contributed by atoms with Crippen LogP contribution in [0.3, 0.4) is 0 Å². The lowest BCUT2D eigenvalue weighted by Crippen LogP contribution is -2.29. The standard InChI is InChI=1S/C30H26NO/c1-17-14-24-29-22(21-11-7-10-20(4)28(21)30(24)31(5)16-17)12-13-25-23(29)15-26(32-25)27-18(2)8-6-9-19(27)3/h6-16H,1-5H3/q+1/i1D3. The van der Waals surface area contributed by atoms with Crippen molar-refractivity contribution in [1.82, 2.24) is 0 Å². The summed E-state index contributed by atoms with van der Waals surface area (Å²) in [5.41, 5.74) is 6.75. The third-order valence-electron chi connectivity index (χ3n) is 6.74. The Bertz CT molecular complexity index is 1810. The van der Waals surface area contributed by atoms with Crippen LogP contribution in [-0.2, 0) is 7.05 Å². The van der Waals surface area contributed by atoms with E-state index in [0.717, 1.165) is 71.4 Å². The minimum Gasteiger partial charge on any atom is -0.456 e. The predicted molar refractivity (Wildman–Crippen MR) is 134 cm³/mol. The minimum atomic E-state index is -2.20. The summed E-state index contributed by atoms with van der Waals surface area (Å²) in [6, 6.07) is 20.7. The van der Waals surface area contributed by atoms with E-state index >= 15 is 0 Å². The van der Waals surface area contributed by atoms with Crippen LogP contribution in [0, 0.1) is 27.6 Å². The molecule has 0 aliphatic carbocycles. The molecule has 0 atom stereocenters. The van der Waals surface area contributed by atoms with Gasteiger partial charge in [-0.2, -0.15) is 0 Å². The van der Waals surface area contributed by atoms with E-state index in [4.69, 9.17) is 8.53 Å². The van der Waals surface area contributed by atoms with E-state index in [9.17, 15) is 0 Å². The molecule has 2 nitrogen and oxygen atoms in total. The predicted octanol–water partition coefficient (Wildman–Crippen LogP) is 7.62. The second-order valence-electron chi connectivity index (χ2n) is 8.88. The lowest BCUT2D eigenvalue weighted by atomic mass is 9.92. The summed E-state index contributed by atoms with van der Waals surface area (Å²) >= 11 is 0. The van der Waals surface area contributed by atoms with Gasteiger partial charge in [0.05, 0.1) is 10.8 Å². The molecule has 0 fully saturated rings. The van der Waals surface area contributed by atoms with Gasteiger partial charge in [-0.1, -0.05) is 36.4 Å². The van der Waals surface area contributed by atoms with E-state index in [1.165, 1.54) is 0 Å². The van der Waals surface area contributed by atoms with Gasteiger partial charge in [0.15, 0.2) is 6.20 Å². The van der Waals surface area contributed by atoms with Gasteiger partial charge in [0, 0.05) is 26.0 Å². The van der Waals surface area contributed by atoms with Gasteiger partial charge in [0.25, 0.3) is 0 Å². The molecule has 0 bridgehead atoms. The molecule has 0 saturated heterocycles. The van der Waals surface area contributed by atoms with Crippen LogP contribution in [0.25, 0.3) is 54.7 Å². The molecule has 2 heteroatoms. The van der Waals surface area contributed by atoms with Crippen LogP contribution in [0.1, 0.15) is 26.4 Å². The van der Waals surface area contributed by atoms with E-state index in [0.29, 0.717) is 5.56 Å². The average Bonchev–Trinajstić information content (AvgIpc) is 3.22. The first-order valence-electron chi connectivity index (χ1n) is 12.4. The maximum absolute atomic E-state index is 8.09. The van der Waals surface area contributed by atoms with Crippen LogP contribution >= 0.6 is 0 Å². The van der Waals surface area contributed by atoms with Gasteiger partial charge in [-0.15, -0.1) is 0 Å². The monoisotopic (exact) mass is 419 g/mol. The van der Waals surface area contributed by atoms with Crippen molar-refractivity contribution in [3.8, 4) is 11.3 Å². The highest BCUT2D eigenvalue weighted by Gasteiger charge is 2.21. The highest BCUT2D eigenvalue weighted by atomic mass is 16.3. The van der Waals surface area contributed by atoms with Crippen LogP contribution < -0.4 is 4.57 Å². The fraction of sp³-hybridized carbons (Fsp3) is 0.167. The Kier molecular flexibility index (Phi) is 3.35. The molecule has 156 valence electrons. The molecular formula is C30H26NO+. The Hall–Kier alpha value is -3.65. The van der Waals surface area contributed by atoms with Crippen LogP contribution in [0.15, 0.2) is 71.3 Å². The number of nitrogens with zero attached hydrogens (tertiary/aromatic N) is 1. The molecule has 4 aromatic carbocycles. The number of fused-ring (bicyclic) bond motifs is 8. The van der Waals surface area contributed by atoms with Crippen molar-refractivity contribution in [1.29, 1.82) is 0 Å². The maximum Gasteiger partial charge on any atom is 0.221 e. The Balaban J connectivity index is 1.86. The lowest BCUT2D eigenvalue weighted by Gasteiger charge is -2.11. The topological polar surface area (TPSA) is 17.0 Å². The van der Waals surface area contributed by atoms with Crippen molar-refractivity contribution < 1.29 is 13.1 Å². The molecule has 0 spiro atoms. The molecule has 0 N–H and O–H groups in total. The van der Waals surface area contributed by atoms with Crippen molar-refractivity contribution >= 4 is 43.4 Å². The van der Waals surface area contributed by atoms with Gasteiger partial charge >= 0.3 is 0 Å². The van der Waals surface area contributed by atoms with E-state index in [1.807, 2.05) is 23.7 Å². The number of aromatic nitrogens is 1. The third kappa shape index (κ3) is 2.56. The van der Waals surface area contributed by atoms with Crippen molar-refractivity contribution in [2.75, 3.05) is 0 Å². The molecular weight excluding hydrogens is 390 g/mol. The number of benzene rings is 4. The van der Waals surface area contributed by atoms with Gasteiger partial charge < -0.3 is 4.42 Å². The lowest BCUT2D eigenvalue weighted by molar-refractivity contribution is -0.644. The highest BCUT2D eigenvalue weighted by molar-refractivity contribution is 6.30. The van der Waals surface area contributed by atoms with Crippen molar-refractivity contribution in [3.05, 3.63) is 89.1 Å². The number of pyridine rings is 1. The van der Waals surface area contributed by atoms with Crippen LogP contribution in [0.2, 0.25) is 0 Å². The minimum absolute atomic E-state index is 0.331. The number of rotatable bonds is 1. The summed E-state index contributed by atoms with van der Waals surface area (Å²) in [4.78, 5) is 0. The van der Waals surface area contributed by atoms with Crippen LogP contribution in [-0.4, -0.2) is 0 Å². The molecule has 0 aliphatic heterocycles. The van der Waals surface area contributed by atoms with Gasteiger partial charge in [0.2, 0.25) is 5.52 Å². The van der Waals surface area contributed by atoms with Gasteiger partial charge in [-0.05, 0) is 79.4 Å². The van der Waals surface area contributed by atoms with Gasteiger partial charge in [0.1, 0.15) is 18.4 Å². The molecule has 32 heavy (non-hydrogen) atoms. The van der Waals surface area contributed by atoms with Crippen molar-refractivity contribution in [3.63, 3.8) is 0 Å². The Morgan fingerprint density at radius 1 is 0.750 bits per heavy atom. The molecule has 0 saturated carbocycles. The van der Waals surface area contributed by atoms with Gasteiger partial charge in [-0.3, -0.25) is 0 Å². The highest BCUT2D eigenvalue weighted by Crippen LogP contribution is 2.41. The SMILES string of the molecule is [2H]C([2H])([2H])c1cc2c3c4cc(-c5c(C)cccc5C)oc4ccc3c3cccc(C)c3c2[n+](C)c1. The molecule has 0 aliphatic rings. The Morgan fingerprint density at radius 3 is 2.25 bits per heavy atom. The van der Waals surface area contributed by atoms with Crippen LogP contribution in [0.4, 0.5) is 0 Å². The summed E-state index contributed by atoms with van der Waals surface area (Å²) < 4.78 is 32.6. The molecule has 0 unspecified atom stereocenters. The largest absolute Gasteiger partial charge is 0.456 e. The molecule has 6 aromatic rings. The van der Waals surface area contributed by atoms with E-state index in [-0.39, 0.29) is 0 Å². The summed E-state index contributed by atoms with van der Waals surface area (Å²) in [5, 5.41) is 6.35. The zero-order chi connectivity index (χ0) is 24.6. The molecule has 0 radical (unpaired) electrons. The number of hydrogen-bond acceptors (Lipinski definition) is 1. The zero-order valence-corrected chi connectivity index (χ0v) is 18.7. The number of aryl methyl sites for hydroxylation is 5. The summed E-state index contributed by atoms with van der Waals surface area (Å²) in [6.45, 7) is 4.11. The summed E-state index contributed by atoms with van der Waals surface area (Å²) in [6.07, 6.45) is 1.74. The van der Waals surface area contributed by atoms with E-state index in [2.05, 4.69) is 69.3 Å². The molecule has 2 aromatic heterocycles. The molecule has 2 heterocycles. The van der Waals surface area contributed by atoms with E-state index in [1.54, 1.807) is 6.20 Å².